The van der Waals surface area contributed by atoms with Crippen LogP contribution in [0.5, 0.6) is 0 Å². The minimum Gasteiger partial charge on any atom is -0.481 e. The molecule has 1 aromatic heterocycles. The van der Waals surface area contributed by atoms with Crippen LogP contribution < -0.4 is 10.6 Å². The monoisotopic (exact) mass is 279 g/mol. The number of amides is 1. The van der Waals surface area contributed by atoms with Crippen molar-refractivity contribution in [2.24, 2.45) is 5.92 Å². The number of hydrogen-bond donors (Lipinski definition) is 3. The van der Waals surface area contributed by atoms with Gasteiger partial charge in [0.05, 0.1) is 43.1 Å². The van der Waals surface area contributed by atoms with Crippen LogP contribution in [0.25, 0.3) is 0 Å². The summed E-state index contributed by atoms with van der Waals surface area (Å²) in [6, 6.07) is 3.24. The van der Waals surface area contributed by atoms with Crippen molar-refractivity contribution in [3.05, 3.63) is 24.0 Å². The van der Waals surface area contributed by atoms with E-state index < -0.39 is 5.97 Å². The summed E-state index contributed by atoms with van der Waals surface area (Å²) < 4.78 is 5.28. The van der Waals surface area contributed by atoms with Gasteiger partial charge in [-0.3, -0.25) is 14.6 Å². The van der Waals surface area contributed by atoms with Crippen LogP contribution in [0.3, 0.4) is 0 Å². The topological polar surface area (TPSA) is 101 Å². The third kappa shape index (κ3) is 3.52. The highest BCUT2D eigenvalue weighted by Gasteiger charge is 2.32. The summed E-state index contributed by atoms with van der Waals surface area (Å²) in [5.41, 5.74) is 0.999. The van der Waals surface area contributed by atoms with E-state index in [1.54, 1.807) is 19.2 Å². The smallest absolute Gasteiger partial charge is 0.309 e. The van der Waals surface area contributed by atoms with Crippen molar-refractivity contribution in [3.63, 3.8) is 0 Å². The van der Waals surface area contributed by atoms with E-state index in [1.807, 2.05) is 0 Å². The quantitative estimate of drug-likeness (QED) is 0.695. The van der Waals surface area contributed by atoms with E-state index in [1.165, 1.54) is 6.20 Å². The number of anilines is 1. The first kappa shape index (κ1) is 14.4. The van der Waals surface area contributed by atoms with Gasteiger partial charge in [0.25, 0.3) is 0 Å². The average Bonchev–Trinajstić information content (AvgIpc) is 2.89. The number of aromatic nitrogens is 1. The molecule has 108 valence electrons. The number of carbonyl (C=O) groups is 2. The lowest BCUT2D eigenvalue weighted by atomic mass is 10.0. The molecule has 2 rings (SSSR count). The lowest BCUT2D eigenvalue weighted by Gasteiger charge is -2.16. The Kier molecular flexibility index (Phi) is 4.65. The zero-order chi connectivity index (χ0) is 14.5. The Balaban J connectivity index is 1.95. The molecule has 1 amide bonds. The molecule has 0 aliphatic carbocycles. The Bertz CT molecular complexity index is 489. The number of aliphatic carboxylic acids is 1. The van der Waals surface area contributed by atoms with Crippen LogP contribution in [-0.4, -0.2) is 48.3 Å². The average molecular weight is 279 g/mol. The van der Waals surface area contributed by atoms with E-state index >= 15 is 0 Å². The third-order valence-corrected chi connectivity index (χ3v) is 3.21. The summed E-state index contributed by atoms with van der Waals surface area (Å²) in [5, 5.41) is 14.5. The lowest BCUT2D eigenvalue weighted by molar-refractivity contribution is -0.136. The van der Waals surface area contributed by atoms with E-state index in [-0.39, 0.29) is 24.3 Å². The minimum absolute atomic E-state index is 0.00856. The molecule has 0 radical (unpaired) electrons. The molecule has 1 aliphatic heterocycles. The van der Waals surface area contributed by atoms with E-state index in [9.17, 15) is 9.59 Å². The first-order chi connectivity index (χ1) is 9.60. The van der Waals surface area contributed by atoms with Crippen molar-refractivity contribution in [2.45, 2.75) is 12.5 Å². The lowest BCUT2D eigenvalue weighted by Crippen LogP contribution is -2.39. The Morgan fingerprint density at radius 3 is 2.85 bits per heavy atom. The molecule has 2 atom stereocenters. The van der Waals surface area contributed by atoms with Crippen LogP contribution in [0.15, 0.2) is 18.3 Å². The number of carboxylic acids is 1. The van der Waals surface area contributed by atoms with E-state index in [4.69, 9.17) is 9.84 Å². The molecule has 20 heavy (non-hydrogen) atoms. The molecule has 0 bridgehead atoms. The number of carbonyl (C=O) groups excluding carboxylic acids is 1. The molecule has 1 fully saturated rings. The van der Waals surface area contributed by atoms with Crippen LogP contribution in [-0.2, 0) is 20.7 Å². The zero-order valence-corrected chi connectivity index (χ0v) is 11.1. The summed E-state index contributed by atoms with van der Waals surface area (Å²) in [4.78, 5) is 26.6. The summed E-state index contributed by atoms with van der Waals surface area (Å²) in [5.74, 6) is -1.30. The van der Waals surface area contributed by atoms with Gasteiger partial charge < -0.3 is 20.5 Å². The molecule has 3 N–H and O–H groups in total. The van der Waals surface area contributed by atoms with Crippen LogP contribution in [0.2, 0.25) is 0 Å². The third-order valence-electron chi connectivity index (χ3n) is 3.21. The van der Waals surface area contributed by atoms with Gasteiger partial charge in [0.15, 0.2) is 0 Å². The first-order valence-corrected chi connectivity index (χ1v) is 6.32. The summed E-state index contributed by atoms with van der Waals surface area (Å²) in [6.45, 7) is 0.909. The molecule has 2 heterocycles. The van der Waals surface area contributed by atoms with Crippen LogP contribution >= 0.6 is 0 Å². The molecular formula is C13H17N3O4. The Morgan fingerprint density at radius 1 is 1.45 bits per heavy atom. The molecule has 1 aliphatic rings. The number of nitrogens with zero attached hydrogens (tertiary/aromatic N) is 1. The predicted octanol–water partition coefficient (Wildman–Crippen LogP) is -0.118. The van der Waals surface area contributed by atoms with Crippen molar-refractivity contribution >= 4 is 17.6 Å². The van der Waals surface area contributed by atoms with Gasteiger partial charge in [-0.2, -0.15) is 0 Å². The normalized spacial score (nSPS) is 21.6. The van der Waals surface area contributed by atoms with Crippen molar-refractivity contribution in [1.82, 2.24) is 10.3 Å². The van der Waals surface area contributed by atoms with Gasteiger partial charge in [0, 0.05) is 6.04 Å². The van der Waals surface area contributed by atoms with E-state index in [0.29, 0.717) is 24.6 Å². The first-order valence-electron chi connectivity index (χ1n) is 6.32. The number of pyridine rings is 1. The second-order valence-corrected chi connectivity index (χ2v) is 4.64. The predicted molar refractivity (Wildman–Crippen MR) is 71.4 cm³/mol. The SMILES string of the molecule is CNC1COCC1C(=O)Nc1ccc(CC(=O)O)nc1. The van der Waals surface area contributed by atoms with Gasteiger partial charge in [-0.15, -0.1) is 0 Å². The fourth-order valence-electron chi connectivity index (χ4n) is 2.09. The number of ether oxygens (including phenoxy) is 1. The Morgan fingerprint density at radius 2 is 2.25 bits per heavy atom. The fraction of sp³-hybridized carbons (Fsp3) is 0.462. The number of carboxylic acid groups (broad SMARTS) is 1. The van der Waals surface area contributed by atoms with Gasteiger partial charge in [-0.1, -0.05) is 0 Å². The van der Waals surface area contributed by atoms with Crippen molar-refractivity contribution in [3.8, 4) is 0 Å². The second kappa shape index (κ2) is 6.44. The maximum atomic E-state index is 12.1. The molecule has 0 aromatic carbocycles. The van der Waals surface area contributed by atoms with Crippen molar-refractivity contribution < 1.29 is 19.4 Å². The van der Waals surface area contributed by atoms with Crippen LogP contribution in [0.1, 0.15) is 5.69 Å². The Hall–Kier alpha value is -1.99. The second-order valence-electron chi connectivity index (χ2n) is 4.64. The van der Waals surface area contributed by atoms with Crippen LogP contribution in [0, 0.1) is 5.92 Å². The molecule has 7 nitrogen and oxygen atoms in total. The van der Waals surface area contributed by atoms with E-state index in [0.717, 1.165) is 0 Å². The maximum absolute atomic E-state index is 12.1. The summed E-state index contributed by atoms with van der Waals surface area (Å²) in [7, 11) is 1.79. The highest BCUT2D eigenvalue weighted by atomic mass is 16.5. The number of nitrogens with one attached hydrogen (secondary N) is 2. The molecule has 1 saturated heterocycles. The molecular weight excluding hydrogens is 262 g/mol. The number of hydrogen-bond acceptors (Lipinski definition) is 5. The number of rotatable bonds is 5. The summed E-state index contributed by atoms with van der Waals surface area (Å²) >= 11 is 0. The maximum Gasteiger partial charge on any atom is 0.309 e. The summed E-state index contributed by atoms with van der Waals surface area (Å²) in [6.07, 6.45) is 1.33. The van der Waals surface area contributed by atoms with Gasteiger partial charge in [-0.05, 0) is 19.2 Å². The highest BCUT2D eigenvalue weighted by Crippen LogP contribution is 2.16. The van der Waals surface area contributed by atoms with Crippen LogP contribution in [0.4, 0.5) is 5.69 Å². The number of likely N-dealkylation sites (N-methyl/N-ethyl adjacent to an activating group) is 1. The molecule has 1 aromatic rings. The fourth-order valence-corrected chi connectivity index (χ4v) is 2.09. The molecule has 0 saturated carbocycles. The Labute approximate surface area is 116 Å². The molecule has 7 heteroatoms. The molecule has 0 spiro atoms. The molecule has 2 unspecified atom stereocenters. The van der Waals surface area contributed by atoms with Gasteiger partial charge in [0.2, 0.25) is 5.91 Å². The van der Waals surface area contributed by atoms with Gasteiger partial charge in [0.1, 0.15) is 0 Å². The van der Waals surface area contributed by atoms with Crippen molar-refractivity contribution in [1.29, 1.82) is 0 Å². The zero-order valence-electron chi connectivity index (χ0n) is 11.1. The largest absolute Gasteiger partial charge is 0.481 e. The minimum atomic E-state index is -0.936. The van der Waals surface area contributed by atoms with Gasteiger partial charge in [-0.25, -0.2) is 0 Å². The van der Waals surface area contributed by atoms with Gasteiger partial charge >= 0.3 is 5.97 Å². The highest BCUT2D eigenvalue weighted by molar-refractivity contribution is 5.93. The van der Waals surface area contributed by atoms with E-state index in [2.05, 4.69) is 15.6 Å². The van der Waals surface area contributed by atoms with Crippen molar-refractivity contribution in [2.75, 3.05) is 25.6 Å². The standard InChI is InChI=1S/C13H17N3O4/c1-14-11-7-20-6-10(11)13(19)16-9-3-2-8(15-5-9)4-12(17)18/h2-3,5,10-11,14H,4,6-7H2,1H3,(H,16,19)(H,17,18).